The number of likely N-dealkylation sites (tertiary alicyclic amines) is 1. The Morgan fingerprint density at radius 1 is 1.13 bits per heavy atom. The number of rotatable bonds is 5. The number of ether oxygens (including phenoxy) is 2. The minimum Gasteiger partial charge on any atom is -0.494 e. The molecule has 7 nitrogen and oxygen atoms in total. The summed E-state index contributed by atoms with van der Waals surface area (Å²) >= 11 is 0. The lowest BCUT2D eigenvalue weighted by Crippen LogP contribution is -2.41. The van der Waals surface area contributed by atoms with Gasteiger partial charge in [0, 0.05) is 26.2 Å². The van der Waals surface area contributed by atoms with E-state index in [1.807, 2.05) is 39.0 Å². The summed E-state index contributed by atoms with van der Waals surface area (Å²) in [5.41, 5.74) is 1.76. The zero-order valence-corrected chi connectivity index (χ0v) is 19.3. The number of hydrogen-bond donors (Lipinski definition) is 0. The van der Waals surface area contributed by atoms with Crippen molar-refractivity contribution in [1.29, 1.82) is 0 Å². The third-order valence-electron chi connectivity index (χ3n) is 5.69. The topological polar surface area (TPSA) is 76.2 Å². The minimum atomic E-state index is -3.15. The summed E-state index contributed by atoms with van der Waals surface area (Å²) in [6.07, 6.45) is 4.64. The Labute approximate surface area is 180 Å². The van der Waals surface area contributed by atoms with Gasteiger partial charge < -0.3 is 14.4 Å². The van der Waals surface area contributed by atoms with Gasteiger partial charge in [-0.15, -0.1) is 0 Å². The molecule has 1 aromatic carbocycles. The van der Waals surface area contributed by atoms with Gasteiger partial charge in [0.15, 0.2) is 0 Å². The van der Waals surface area contributed by atoms with Crippen LogP contribution in [0.4, 0.5) is 4.79 Å². The Bertz CT molecular complexity index is 855. The molecule has 0 aromatic heterocycles. The van der Waals surface area contributed by atoms with E-state index < -0.39 is 15.6 Å². The van der Waals surface area contributed by atoms with Crippen molar-refractivity contribution in [2.45, 2.75) is 58.6 Å². The molecule has 168 valence electrons. The van der Waals surface area contributed by atoms with Gasteiger partial charge >= 0.3 is 6.09 Å². The second-order valence-electron chi connectivity index (χ2n) is 9.32. The number of carbonyl (C=O) groups excluding carboxylic acids is 1. The molecule has 2 heterocycles. The summed E-state index contributed by atoms with van der Waals surface area (Å²) in [5, 5.41) is 0. The Morgan fingerprint density at radius 2 is 1.83 bits per heavy atom. The molecule has 1 fully saturated rings. The van der Waals surface area contributed by atoms with Crippen molar-refractivity contribution in [2.75, 3.05) is 32.5 Å². The standard InChI is InChI=1S/C22H34N2O5S/c1-22(2,3)29-21(25)23-11-7-17(8-12-23)10-14-28-20-6-5-19-16-24(30(4,26)27)13-9-18(19)15-20/h5-6,15,17H,7-14,16H2,1-4H3. The zero-order chi connectivity index (χ0) is 21.9. The van der Waals surface area contributed by atoms with Crippen molar-refractivity contribution in [3.63, 3.8) is 0 Å². The molecule has 8 heteroatoms. The molecule has 2 aliphatic heterocycles. The number of benzene rings is 1. The first-order valence-electron chi connectivity index (χ1n) is 10.7. The van der Waals surface area contributed by atoms with Crippen LogP contribution >= 0.6 is 0 Å². The first-order valence-corrected chi connectivity index (χ1v) is 12.5. The largest absolute Gasteiger partial charge is 0.494 e. The van der Waals surface area contributed by atoms with Crippen LogP contribution in [0.2, 0.25) is 0 Å². The Morgan fingerprint density at radius 3 is 2.47 bits per heavy atom. The van der Waals surface area contributed by atoms with E-state index in [-0.39, 0.29) is 6.09 Å². The molecule has 1 aromatic rings. The molecule has 1 saturated heterocycles. The van der Waals surface area contributed by atoms with Crippen LogP contribution in [0.25, 0.3) is 0 Å². The molecule has 0 spiro atoms. The summed E-state index contributed by atoms with van der Waals surface area (Å²) in [6.45, 7) is 8.72. The maximum atomic E-state index is 12.2. The van der Waals surface area contributed by atoms with Crippen molar-refractivity contribution in [3.05, 3.63) is 29.3 Å². The molecule has 0 atom stereocenters. The number of nitrogens with zero attached hydrogens (tertiary/aromatic N) is 2. The smallest absolute Gasteiger partial charge is 0.410 e. The highest BCUT2D eigenvalue weighted by molar-refractivity contribution is 7.88. The van der Waals surface area contributed by atoms with E-state index in [9.17, 15) is 13.2 Å². The summed E-state index contributed by atoms with van der Waals surface area (Å²) in [5.74, 6) is 1.39. The van der Waals surface area contributed by atoms with Gasteiger partial charge in [0.1, 0.15) is 11.4 Å². The maximum Gasteiger partial charge on any atom is 0.410 e. The highest BCUT2D eigenvalue weighted by Crippen LogP contribution is 2.26. The van der Waals surface area contributed by atoms with Crippen LogP contribution in [-0.4, -0.2) is 61.8 Å². The number of fused-ring (bicyclic) bond motifs is 1. The van der Waals surface area contributed by atoms with Gasteiger partial charge in [-0.1, -0.05) is 6.07 Å². The normalized spacial score (nSPS) is 18.7. The van der Waals surface area contributed by atoms with Crippen LogP contribution in [0.5, 0.6) is 5.75 Å². The summed E-state index contributed by atoms with van der Waals surface area (Å²) in [4.78, 5) is 14.0. The van der Waals surface area contributed by atoms with Crippen LogP contribution < -0.4 is 4.74 Å². The number of hydrogen-bond acceptors (Lipinski definition) is 5. The van der Waals surface area contributed by atoms with Crippen LogP contribution in [-0.2, 0) is 27.7 Å². The van der Waals surface area contributed by atoms with Crippen LogP contribution in [0.1, 0.15) is 51.2 Å². The van der Waals surface area contributed by atoms with Crippen molar-refractivity contribution in [3.8, 4) is 5.75 Å². The van der Waals surface area contributed by atoms with Gasteiger partial charge in [-0.05, 0) is 75.6 Å². The lowest BCUT2D eigenvalue weighted by atomic mass is 9.94. The maximum absolute atomic E-state index is 12.2. The predicted octanol–water partition coefficient (Wildman–Crippen LogP) is 3.42. The number of piperidine rings is 1. The molecule has 0 aliphatic carbocycles. The summed E-state index contributed by atoms with van der Waals surface area (Å²) in [6, 6.07) is 5.94. The quantitative estimate of drug-likeness (QED) is 0.704. The fourth-order valence-corrected chi connectivity index (χ4v) is 4.75. The monoisotopic (exact) mass is 438 g/mol. The Balaban J connectivity index is 1.42. The van der Waals surface area contributed by atoms with E-state index in [0.717, 1.165) is 49.2 Å². The highest BCUT2D eigenvalue weighted by Gasteiger charge is 2.27. The molecule has 30 heavy (non-hydrogen) atoms. The minimum absolute atomic E-state index is 0.222. The van der Waals surface area contributed by atoms with E-state index in [4.69, 9.17) is 9.47 Å². The first kappa shape index (κ1) is 22.9. The van der Waals surface area contributed by atoms with E-state index >= 15 is 0 Å². The van der Waals surface area contributed by atoms with Crippen LogP contribution in [0, 0.1) is 5.92 Å². The van der Waals surface area contributed by atoms with E-state index in [1.54, 1.807) is 4.90 Å². The van der Waals surface area contributed by atoms with Crippen LogP contribution in [0.15, 0.2) is 18.2 Å². The third kappa shape index (κ3) is 6.35. The average molecular weight is 439 g/mol. The fraction of sp³-hybridized carbons (Fsp3) is 0.682. The zero-order valence-electron chi connectivity index (χ0n) is 18.5. The van der Waals surface area contributed by atoms with Gasteiger partial charge in [-0.25, -0.2) is 13.2 Å². The molecule has 1 amide bonds. The molecule has 0 N–H and O–H groups in total. The van der Waals surface area contributed by atoms with Crippen molar-refractivity contribution in [1.82, 2.24) is 9.21 Å². The summed E-state index contributed by atoms with van der Waals surface area (Å²) in [7, 11) is -3.15. The lowest BCUT2D eigenvalue weighted by molar-refractivity contribution is 0.0177. The molecular formula is C22H34N2O5S. The third-order valence-corrected chi connectivity index (χ3v) is 6.93. The number of carbonyl (C=O) groups is 1. The van der Waals surface area contributed by atoms with Gasteiger partial charge in [0.2, 0.25) is 10.0 Å². The Kier molecular flexibility index (Phi) is 6.97. The Hall–Kier alpha value is -1.80. The SMILES string of the molecule is CC(C)(C)OC(=O)N1CCC(CCOc2ccc3c(c2)CCN(S(C)(=O)=O)C3)CC1. The molecule has 0 radical (unpaired) electrons. The second-order valence-corrected chi connectivity index (χ2v) is 11.3. The molecule has 0 bridgehead atoms. The number of sulfonamides is 1. The molecule has 0 unspecified atom stereocenters. The van der Waals surface area contributed by atoms with Gasteiger partial charge in [0.05, 0.1) is 12.9 Å². The number of amides is 1. The molecule has 0 saturated carbocycles. The molecule has 3 rings (SSSR count). The second kappa shape index (κ2) is 9.14. The van der Waals surface area contributed by atoms with Gasteiger partial charge in [-0.2, -0.15) is 4.31 Å². The van der Waals surface area contributed by atoms with Gasteiger partial charge in [-0.3, -0.25) is 0 Å². The first-order chi connectivity index (χ1) is 14.0. The van der Waals surface area contributed by atoms with Gasteiger partial charge in [0.25, 0.3) is 0 Å². The van der Waals surface area contributed by atoms with Crippen LogP contribution in [0.3, 0.4) is 0 Å². The van der Waals surface area contributed by atoms with Crippen molar-refractivity contribution in [2.24, 2.45) is 5.92 Å². The average Bonchev–Trinajstić information content (AvgIpc) is 2.66. The fourth-order valence-electron chi connectivity index (χ4n) is 3.95. The van der Waals surface area contributed by atoms with Crippen molar-refractivity contribution < 1.29 is 22.7 Å². The molecule has 2 aliphatic rings. The lowest BCUT2D eigenvalue weighted by Gasteiger charge is -2.33. The van der Waals surface area contributed by atoms with E-state index in [0.29, 0.717) is 32.0 Å². The highest BCUT2D eigenvalue weighted by atomic mass is 32.2. The predicted molar refractivity (Wildman–Crippen MR) is 116 cm³/mol. The summed E-state index contributed by atoms with van der Waals surface area (Å²) < 4.78 is 36.4. The van der Waals surface area contributed by atoms with E-state index in [1.165, 1.54) is 10.6 Å². The van der Waals surface area contributed by atoms with E-state index in [2.05, 4.69) is 0 Å². The van der Waals surface area contributed by atoms with Crippen molar-refractivity contribution >= 4 is 16.1 Å². The molecular weight excluding hydrogens is 404 g/mol.